The van der Waals surface area contributed by atoms with Gasteiger partial charge in [-0.1, -0.05) is 6.07 Å². The van der Waals surface area contributed by atoms with Crippen LogP contribution in [0.4, 0.5) is 14.5 Å². The molecule has 0 saturated heterocycles. The van der Waals surface area contributed by atoms with Crippen LogP contribution in [0, 0.1) is 11.6 Å². The number of hydrogen-bond donors (Lipinski definition) is 1. The maximum atomic E-state index is 13.5. The van der Waals surface area contributed by atoms with Gasteiger partial charge in [0, 0.05) is 16.1 Å². The molecule has 1 unspecified atom stereocenters. The SMILES string of the molecule is Nc1cccc(F)c1CS(=O)c1ccc(F)cc1. The zero-order valence-electron chi connectivity index (χ0n) is 9.40. The van der Waals surface area contributed by atoms with E-state index in [9.17, 15) is 13.0 Å². The minimum atomic E-state index is -1.45. The molecule has 5 heteroatoms. The van der Waals surface area contributed by atoms with Crippen LogP contribution >= 0.6 is 0 Å². The summed E-state index contributed by atoms with van der Waals surface area (Å²) in [4.78, 5) is 0.444. The molecule has 2 N–H and O–H groups in total. The molecule has 0 fully saturated rings. The van der Waals surface area contributed by atoms with E-state index in [1.807, 2.05) is 0 Å². The number of benzene rings is 2. The largest absolute Gasteiger partial charge is 0.398 e. The van der Waals surface area contributed by atoms with Gasteiger partial charge in [0.05, 0.1) is 16.6 Å². The van der Waals surface area contributed by atoms with Crippen LogP contribution in [-0.4, -0.2) is 4.21 Å². The van der Waals surface area contributed by atoms with Crippen LogP contribution in [0.5, 0.6) is 0 Å². The third-order valence-corrected chi connectivity index (χ3v) is 3.86. The second-order valence-corrected chi connectivity index (χ2v) is 5.20. The molecule has 0 aliphatic heterocycles. The molecular weight excluding hydrogens is 256 g/mol. The van der Waals surface area contributed by atoms with Gasteiger partial charge in [-0.3, -0.25) is 4.21 Å². The standard InChI is InChI=1S/C13H11F2NOS/c14-9-4-6-10(7-5-9)18(17)8-11-12(15)2-1-3-13(11)16/h1-7H,8,16H2. The molecule has 18 heavy (non-hydrogen) atoms. The van der Waals surface area contributed by atoms with Gasteiger partial charge in [0.15, 0.2) is 0 Å². The van der Waals surface area contributed by atoms with Crippen LogP contribution in [0.3, 0.4) is 0 Å². The zero-order chi connectivity index (χ0) is 13.1. The Kier molecular flexibility index (Phi) is 3.72. The Labute approximate surface area is 106 Å². The highest BCUT2D eigenvalue weighted by Gasteiger charge is 2.11. The maximum absolute atomic E-state index is 13.5. The minimum absolute atomic E-state index is 0.0237. The van der Waals surface area contributed by atoms with E-state index in [0.717, 1.165) is 0 Å². The number of nitrogens with two attached hydrogens (primary N) is 1. The van der Waals surface area contributed by atoms with Crippen molar-refractivity contribution < 1.29 is 13.0 Å². The number of anilines is 1. The van der Waals surface area contributed by atoms with Crippen molar-refractivity contribution in [3.8, 4) is 0 Å². The van der Waals surface area contributed by atoms with Gasteiger partial charge in [-0.2, -0.15) is 0 Å². The van der Waals surface area contributed by atoms with Crippen LogP contribution in [-0.2, 0) is 16.6 Å². The third-order valence-electron chi connectivity index (χ3n) is 2.51. The second-order valence-electron chi connectivity index (χ2n) is 3.75. The topological polar surface area (TPSA) is 43.1 Å². The summed E-state index contributed by atoms with van der Waals surface area (Å²) in [5.41, 5.74) is 6.13. The predicted octanol–water partition coefficient (Wildman–Crippen LogP) is 2.85. The van der Waals surface area contributed by atoms with Crippen LogP contribution in [0.2, 0.25) is 0 Å². The van der Waals surface area contributed by atoms with E-state index < -0.39 is 22.4 Å². The molecule has 0 radical (unpaired) electrons. The summed E-state index contributed by atoms with van der Waals surface area (Å²) < 4.78 is 38.2. The molecule has 0 aromatic heterocycles. The van der Waals surface area contributed by atoms with E-state index in [1.54, 1.807) is 6.07 Å². The molecule has 2 aromatic rings. The first-order chi connectivity index (χ1) is 8.58. The number of rotatable bonds is 3. The summed E-state index contributed by atoms with van der Waals surface area (Å²) >= 11 is 0. The fourth-order valence-electron chi connectivity index (χ4n) is 1.53. The first kappa shape index (κ1) is 12.7. The van der Waals surface area contributed by atoms with Gasteiger partial charge in [-0.05, 0) is 36.4 Å². The van der Waals surface area contributed by atoms with Crippen LogP contribution in [0.15, 0.2) is 47.4 Å². The predicted molar refractivity (Wildman–Crippen MR) is 67.3 cm³/mol. The van der Waals surface area contributed by atoms with Gasteiger partial charge >= 0.3 is 0 Å². The Balaban J connectivity index is 2.24. The van der Waals surface area contributed by atoms with Crippen molar-refractivity contribution >= 4 is 16.5 Å². The Hall–Kier alpha value is -1.75. The molecule has 0 aliphatic carbocycles. The van der Waals surface area contributed by atoms with Gasteiger partial charge in [0.2, 0.25) is 0 Å². The molecular formula is C13H11F2NOS. The van der Waals surface area contributed by atoms with Crippen molar-refractivity contribution in [2.75, 3.05) is 5.73 Å². The number of hydrogen-bond acceptors (Lipinski definition) is 2. The molecule has 0 spiro atoms. The van der Waals surface area contributed by atoms with Crippen molar-refractivity contribution in [2.24, 2.45) is 0 Å². The molecule has 1 atom stereocenters. The van der Waals surface area contributed by atoms with Crippen molar-refractivity contribution in [2.45, 2.75) is 10.6 Å². The molecule has 94 valence electrons. The molecule has 0 heterocycles. The fourth-order valence-corrected chi connectivity index (χ4v) is 2.70. The summed E-state index contributed by atoms with van der Waals surface area (Å²) in [6, 6.07) is 9.60. The molecule has 2 nitrogen and oxygen atoms in total. The van der Waals surface area contributed by atoms with Crippen LogP contribution in [0.25, 0.3) is 0 Å². The summed E-state index contributed by atoms with van der Waals surface area (Å²) in [7, 11) is -1.45. The van der Waals surface area contributed by atoms with Crippen LogP contribution in [0.1, 0.15) is 5.56 Å². The second kappa shape index (κ2) is 5.27. The minimum Gasteiger partial charge on any atom is -0.398 e. The monoisotopic (exact) mass is 267 g/mol. The highest BCUT2D eigenvalue weighted by atomic mass is 32.2. The van der Waals surface area contributed by atoms with Gasteiger partial charge < -0.3 is 5.73 Å². The Bertz CT molecular complexity index is 564. The smallest absolute Gasteiger partial charge is 0.129 e. The maximum Gasteiger partial charge on any atom is 0.129 e. The Morgan fingerprint density at radius 1 is 1.06 bits per heavy atom. The van der Waals surface area contributed by atoms with Crippen LogP contribution < -0.4 is 5.73 Å². The Morgan fingerprint density at radius 3 is 2.33 bits per heavy atom. The number of nitrogen functional groups attached to an aromatic ring is 1. The van der Waals surface area contributed by atoms with Crippen molar-refractivity contribution in [1.29, 1.82) is 0 Å². The van der Waals surface area contributed by atoms with Gasteiger partial charge in [-0.15, -0.1) is 0 Å². The van der Waals surface area contributed by atoms with Gasteiger partial charge in [-0.25, -0.2) is 8.78 Å². The molecule has 0 bridgehead atoms. The summed E-state index contributed by atoms with van der Waals surface area (Å²) in [5, 5.41) is 0. The Morgan fingerprint density at radius 2 is 1.72 bits per heavy atom. The average Bonchev–Trinajstić information content (AvgIpc) is 2.34. The molecule has 0 aliphatic rings. The van der Waals surface area contributed by atoms with E-state index in [1.165, 1.54) is 36.4 Å². The normalized spacial score (nSPS) is 12.3. The van der Waals surface area contributed by atoms with E-state index in [0.29, 0.717) is 4.90 Å². The summed E-state index contributed by atoms with van der Waals surface area (Å²) in [6.45, 7) is 0. The lowest BCUT2D eigenvalue weighted by molar-refractivity contribution is 0.616. The number of halogens is 2. The highest BCUT2D eigenvalue weighted by molar-refractivity contribution is 7.84. The van der Waals surface area contributed by atoms with E-state index >= 15 is 0 Å². The lowest BCUT2D eigenvalue weighted by Crippen LogP contribution is -2.03. The molecule has 0 saturated carbocycles. The average molecular weight is 267 g/mol. The highest BCUT2D eigenvalue weighted by Crippen LogP contribution is 2.20. The first-order valence-electron chi connectivity index (χ1n) is 5.25. The zero-order valence-corrected chi connectivity index (χ0v) is 10.2. The van der Waals surface area contributed by atoms with Crippen molar-refractivity contribution in [3.63, 3.8) is 0 Å². The summed E-state index contributed by atoms with van der Waals surface area (Å²) in [5.74, 6) is -0.906. The first-order valence-corrected chi connectivity index (χ1v) is 6.56. The molecule has 0 amide bonds. The fraction of sp³-hybridized carbons (Fsp3) is 0.0769. The molecule has 2 aromatic carbocycles. The lowest BCUT2D eigenvalue weighted by Gasteiger charge is -2.07. The summed E-state index contributed by atoms with van der Waals surface area (Å²) in [6.07, 6.45) is 0. The quantitative estimate of drug-likeness (QED) is 0.869. The lowest BCUT2D eigenvalue weighted by atomic mass is 10.2. The van der Waals surface area contributed by atoms with E-state index in [2.05, 4.69) is 0 Å². The molecule has 2 rings (SSSR count). The van der Waals surface area contributed by atoms with Crippen molar-refractivity contribution in [3.05, 3.63) is 59.7 Å². The van der Waals surface area contributed by atoms with E-state index in [4.69, 9.17) is 5.73 Å². The van der Waals surface area contributed by atoms with Crippen molar-refractivity contribution in [1.82, 2.24) is 0 Å². The van der Waals surface area contributed by atoms with E-state index in [-0.39, 0.29) is 17.0 Å². The third kappa shape index (κ3) is 2.73. The van der Waals surface area contributed by atoms with Gasteiger partial charge in [0.1, 0.15) is 11.6 Å². The van der Waals surface area contributed by atoms with Gasteiger partial charge in [0.25, 0.3) is 0 Å².